The summed E-state index contributed by atoms with van der Waals surface area (Å²) in [6.07, 6.45) is 1.12. The van der Waals surface area contributed by atoms with Crippen molar-refractivity contribution in [2.75, 3.05) is 18.8 Å². The Morgan fingerprint density at radius 1 is 1.05 bits per heavy atom. The number of likely N-dealkylation sites (N-methyl/N-ethyl adjacent to an activating group) is 1. The molecule has 2 aromatic carbocycles. The molecule has 0 aliphatic carbocycles. The zero-order chi connectivity index (χ0) is 14.9. The molecule has 0 amide bonds. The first-order valence-electron chi connectivity index (χ1n) is 7.44. The van der Waals surface area contributed by atoms with Gasteiger partial charge < -0.3 is 5.32 Å². The van der Waals surface area contributed by atoms with Gasteiger partial charge in [-0.3, -0.25) is 0 Å². The van der Waals surface area contributed by atoms with Crippen molar-refractivity contribution < 1.29 is 0 Å². The van der Waals surface area contributed by atoms with Crippen molar-refractivity contribution in [2.24, 2.45) is 0 Å². The number of nitrogens with one attached hydrogen (secondary N) is 1. The Bertz CT molecular complexity index is 530. The van der Waals surface area contributed by atoms with Gasteiger partial charge in [0.1, 0.15) is 0 Å². The molecule has 2 aromatic rings. The van der Waals surface area contributed by atoms with Gasteiger partial charge in [0, 0.05) is 16.5 Å². The van der Waals surface area contributed by atoms with Crippen LogP contribution in [0, 0.1) is 0 Å². The van der Waals surface area contributed by atoms with Crippen molar-refractivity contribution in [3.8, 4) is 0 Å². The van der Waals surface area contributed by atoms with E-state index in [0.717, 1.165) is 30.3 Å². The van der Waals surface area contributed by atoms with E-state index >= 15 is 0 Å². The summed E-state index contributed by atoms with van der Waals surface area (Å²) >= 11 is 8.27. The van der Waals surface area contributed by atoms with Gasteiger partial charge in [0.2, 0.25) is 0 Å². The molecule has 0 aliphatic heterocycles. The van der Waals surface area contributed by atoms with Crippen LogP contribution in [0.2, 0.25) is 5.02 Å². The first-order valence-corrected chi connectivity index (χ1v) is 8.80. The molecule has 0 aromatic heterocycles. The van der Waals surface area contributed by atoms with Gasteiger partial charge in [-0.1, -0.05) is 54.9 Å². The van der Waals surface area contributed by atoms with E-state index in [-0.39, 0.29) is 0 Å². The molecule has 0 bridgehead atoms. The van der Waals surface area contributed by atoms with Crippen LogP contribution in [0.4, 0.5) is 0 Å². The minimum absolute atomic E-state index is 0.467. The molecule has 1 N–H and O–H groups in total. The molecule has 1 unspecified atom stereocenters. The number of rotatable bonds is 8. The second kappa shape index (κ2) is 9.14. The summed E-state index contributed by atoms with van der Waals surface area (Å²) in [5.41, 5.74) is 1.26. The summed E-state index contributed by atoms with van der Waals surface area (Å²) in [5.74, 6) is 1.57. The predicted molar refractivity (Wildman–Crippen MR) is 94.5 cm³/mol. The molecule has 0 spiro atoms. The normalized spacial score (nSPS) is 12.3. The molecule has 2 rings (SSSR count). The Labute approximate surface area is 137 Å². The first-order chi connectivity index (χ1) is 10.3. The van der Waals surface area contributed by atoms with Crippen LogP contribution in [0.3, 0.4) is 0 Å². The van der Waals surface area contributed by atoms with Crippen molar-refractivity contribution in [1.29, 1.82) is 0 Å². The quantitative estimate of drug-likeness (QED) is 0.670. The topological polar surface area (TPSA) is 12.0 Å². The molecule has 0 heterocycles. The van der Waals surface area contributed by atoms with Gasteiger partial charge >= 0.3 is 0 Å². The molecular weight excluding hydrogens is 298 g/mol. The number of halogens is 1. The van der Waals surface area contributed by atoms with Crippen LogP contribution in [0.25, 0.3) is 0 Å². The summed E-state index contributed by atoms with van der Waals surface area (Å²) in [5, 5.41) is 4.33. The van der Waals surface area contributed by atoms with Gasteiger partial charge in [0.25, 0.3) is 0 Å². The molecule has 0 fully saturated rings. The van der Waals surface area contributed by atoms with Crippen molar-refractivity contribution >= 4 is 23.4 Å². The summed E-state index contributed by atoms with van der Waals surface area (Å²) in [6, 6.07) is 18.8. The lowest BCUT2D eigenvalue weighted by atomic mass is 9.96. The standard InChI is InChI=1S/C18H22ClNS/c1-2-20-14-15(17-10-6-7-11-18(17)19)12-13-21-16-8-4-3-5-9-16/h3-11,15,20H,2,12-14H2,1H3. The summed E-state index contributed by atoms with van der Waals surface area (Å²) in [6.45, 7) is 4.12. The minimum Gasteiger partial charge on any atom is -0.316 e. The van der Waals surface area contributed by atoms with Crippen LogP contribution in [0.5, 0.6) is 0 Å². The SMILES string of the molecule is CCNCC(CCSc1ccccc1)c1ccccc1Cl. The maximum Gasteiger partial charge on any atom is 0.0441 e. The van der Waals surface area contributed by atoms with Crippen LogP contribution >= 0.6 is 23.4 Å². The number of hydrogen-bond donors (Lipinski definition) is 1. The Morgan fingerprint density at radius 2 is 1.76 bits per heavy atom. The number of benzene rings is 2. The van der Waals surface area contributed by atoms with Crippen molar-refractivity contribution in [2.45, 2.75) is 24.2 Å². The Balaban J connectivity index is 1.95. The summed E-state index contributed by atoms with van der Waals surface area (Å²) < 4.78 is 0. The zero-order valence-electron chi connectivity index (χ0n) is 12.4. The molecular formula is C18H22ClNS. The Kier molecular flexibility index (Phi) is 7.14. The summed E-state index contributed by atoms with van der Waals surface area (Å²) in [4.78, 5) is 1.33. The monoisotopic (exact) mass is 319 g/mol. The molecule has 112 valence electrons. The Hall–Kier alpha value is -0.960. The smallest absolute Gasteiger partial charge is 0.0441 e. The molecule has 0 saturated carbocycles. The maximum absolute atomic E-state index is 6.36. The third-order valence-corrected chi connectivity index (χ3v) is 4.85. The van der Waals surface area contributed by atoms with Crippen molar-refractivity contribution in [3.63, 3.8) is 0 Å². The maximum atomic E-state index is 6.36. The third-order valence-electron chi connectivity index (χ3n) is 3.46. The number of hydrogen-bond acceptors (Lipinski definition) is 2. The van der Waals surface area contributed by atoms with E-state index in [0.29, 0.717) is 5.92 Å². The molecule has 0 aliphatic rings. The van der Waals surface area contributed by atoms with Gasteiger partial charge in [-0.15, -0.1) is 11.8 Å². The highest BCUT2D eigenvalue weighted by atomic mass is 35.5. The fourth-order valence-corrected chi connectivity index (χ4v) is 3.61. The first kappa shape index (κ1) is 16.4. The lowest BCUT2D eigenvalue weighted by molar-refractivity contribution is 0.587. The largest absolute Gasteiger partial charge is 0.316 e. The van der Waals surface area contributed by atoms with E-state index in [1.807, 2.05) is 23.9 Å². The van der Waals surface area contributed by atoms with E-state index < -0.39 is 0 Å². The second-order valence-electron chi connectivity index (χ2n) is 4.98. The van der Waals surface area contributed by atoms with E-state index in [4.69, 9.17) is 11.6 Å². The van der Waals surface area contributed by atoms with Crippen LogP contribution in [-0.2, 0) is 0 Å². The highest BCUT2D eigenvalue weighted by Gasteiger charge is 2.14. The molecule has 1 nitrogen and oxygen atoms in total. The van der Waals surface area contributed by atoms with Crippen LogP contribution in [-0.4, -0.2) is 18.8 Å². The lowest BCUT2D eigenvalue weighted by Gasteiger charge is -2.19. The van der Waals surface area contributed by atoms with Gasteiger partial charge in [-0.25, -0.2) is 0 Å². The van der Waals surface area contributed by atoms with Crippen molar-refractivity contribution in [3.05, 3.63) is 65.2 Å². The Morgan fingerprint density at radius 3 is 2.48 bits per heavy atom. The van der Waals surface area contributed by atoms with E-state index in [2.05, 4.69) is 54.7 Å². The summed E-state index contributed by atoms with van der Waals surface area (Å²) in [7, 11) is 0. The average molecular weight is 320 g/mol. The van der Waals surface area contributed by atoms with Crippen LogP contribution < -0.4 is 5.32 Å². The molecule has 3 heteroatoms. The van der Waals surface area contributed by atoms with Gasteiger partial charge in [-0.2, -0.15) is 0 Å². The van der Waals surface area contributed by atoms with Gasteiger partial charge in [0.15, 0.2) is 0 Å². The van der Waals surface area contributed by atoms with E-state index in [9.17, 15) is 0 Å². The molecule has 0 radical (unpaired) electrons. The second-order valence-corrected chi connectivity index (χ2v) is 6.55. The fraction of sp³-hybridized carbons (Fsp3) is 0.333. The van der Waals surface area contributed by atoms with Gasteiger partial charge in [-0.05, 0) is 48.4 Å². The van der Waals surface area contributed by atoms with Crippen LogP contribution in [0.15, 0.2) is 59.5 Å². The minimum atomic E-state index is 0.467. The number of thioether (sulfide) groups is 1. The van der Waals surface area contributed by atoms with Crippen LogP contribution in [0.1, 0.15) is 24.8 Å². The average Bonchev–Trinajstić information content (AvgIpc) is 2.52. The highest BCUT2D eigenvalue weighted by molar-refractivity contribution is 7.99. The predicted octanol–water partition coefficient (Wildman–Crippen LogP) is 5.22. The lowest BCUT2D eigenvalue weighted by Crippen LogP contribution is -2.22. The molecule has 0 saturated heterocycles. The highest BCUT2D eigenvalue weighted by Crippen LogP contribution is 2.29. The van der Waals surface area contributed by atoms with Gasteiger partial charge in [0.05, 0.1) is 0 Å². The van der Waals surface area contributed by atoms with Crippen molar-refractivity contribution in [1.82, 2.24) is 5.32 Å². The fourth-order valence-electron chi connectivity index (χ4n) is 2.33. The molecule has 21 heavy (non-hydrogen) atoms. The molecule has 1 atom stereocenters. The zero-order valence-corrected chi connectivity index (χ0v) is 14.0. The van der Waals surface area contributed by atoms with E-state index in [1.54, 1.807) is 0 Å². The van der Waals surface area contributed by atoms with E-state index in [1.165, 1.54) is 10.5 Å². The third kappa shape index (κ3) is 5.39.